The van der Waals surface area contributed by atoms with Crippen molar-refractivity contribution >= 4 is 17.3 Å². The maximum Gasteiger partial charge on any atom is 0.346 e. The molecule has 20 heavy (non-hydrogen) atoms. The van der Waals surface area contributed by atoms with Gasteiger partial charge in [0.05, 0.1) is 6.54 Å². The van der Waals surface area contributed by atoms with Crippen LogP contribution in [0.5, 0.6) is 0 Å². The molecule has 3 rings (SSSR count). The Labute approximate surface area is 119 Å². The van der Waals surface area contributed by atoms with Crippen LogP contribution in [-0.2, 0) is 19.5 Å². The van der Waals surface area contributed by atoms with E-state index in [-0.39, 0.29) is 5.69 Å². The minimum Gasteiger partial charge on any atom is -0.477 e. The van der Waals surface area contributed by atoms with Gasteiger partial charge in [0.15, 0.2) is 0 Å². The Morgan fingerprint density at radius 3 is 2.95 bits per heavy atom. The van der Waals surface area contributed by atoms with Gasteiger partial charge in [-0.25, -0.2) is 14.3 Å². The van der Waals surface area contributed by atoms with Gasteiger partial charge < -0.3 is 5.11 Å². The van der Waals surface area contributed by atoms with Crippen LogP contribution >= 0.6 is 11.3 Å². The van der Waals surface area contributed by atoms with E-state index in [2.05, 4.69) is 5.10 Å². The van der Waals surface area contributed by atoms with Crippen LogP contribution in [0.4, 0.5) is 0 Å². The maximum absolute atomic E-state index is 12.2. The summed E-state index contributed by atoms with van der Waals surface area (Å²) in [5, 5.41) is 13.4. The van der Waals surface area contributed by atoms with Gasteiger partial charge in [0.25, 0.3) is 0 Å². The van der Waals surface area contributed by atoms with Crippen molar-refractivity contribution in [2.24, 2.45) is 0 Å². The molecule has 106 valence electrons. The highest BCUT2D eigenvalue weighted by Crippen LogP contribution is 2.22. The van der Waals surface area contributed by atoms with Crippen molar-refractivity contribution < 1.29 is 9.90 Å². The molecular weight excluding hydrogens is 278 g/mol. The lowest BCUT2D eigenvalue weighted by atomic mass is 10.2. The second-order valence-electron chi connectivity index (χ2n) is 4.96. The third-order valence-corrected chi connectivity index (χ3v) is 4.66. The second-order valence-corrected chi connectivity index (χ2v) is 6.22. The lowest BCUT2D eigenvalue weighted by molar-refractivity contribution is 0.0702. The number of fused-ring (bicyclic) bond motifs is 1. The van der Waals surface area contributed by atoms with Crippen LogP contribution in [0, 0.1) is 6.92 Å². The van der Waals surface area contributed by atoms with E-state index in [4.69, 9.17) is 5.11 Å². The van der Waals surface area contributed by atoms with E-state index >= 15 is 0 Å². The van der Waals surface area contributed by atoms with Crippen molar-refractivity contribution in [1.82, 2.24) is 14.3 Å². The SMILES string of the molecule is Cc1sc(C(=O)O)cc1Cn1nc2n(c1=O)CCCC2. The molecule has 0 aliphatic carbocycles. The molecule has 0 saturated heterocycles. The van der Waals surface area contributed by atoms with Crippen molar-refractivity contribution in [3.63, 3.8) is 0 Å². The molecule has 0 spiro atoms. The second kappa shape index (κ2) is 4.90. The van der Waals surface area contributed by atoms with E-state index in [0.717, 1.165) is 42.1 Å². The van der Waals surface area contributed by atoms with Crippen LogP contribution in [0.25, 0.3) is 0 Å². The van der Waals surface area contributed by atoms with Crippen LogP contribution in [0.15, 0.2) is 10.9 Å². The molecule has 0 radical (unpaired) electrons. The number of rotatable bonds is 3. The molecule has 0 unspecified atom stereocenters. The fourth-order valence-electron chi connectivity index (χ4n) is 2.50. The molecule has 3 heterocycles. The van der Waals surface area contributed by atoms with E-state index in [0.29, 0.717) is 11.4 Å². The Balaban J connectivity index is 1.94. The lowest BCUT2D eigenvalue weighted by Gasteiger charge is -2.09. The fourth-order valence-corrected chi connectivity index (χ4v) is 3.37. The molecule has 6 nitrogen and oxygen atoms in total. The third-order valence-electron chi connectivity index (χ3n) is 3.58. The van der Waals surface area contributed by atoms with Crippen LogP contribution in [0.3, 0.4) is 0 Å². The van der Waals surface area contributed by atoms with Gasteiger partial charge in [-0.3, -0.25) is 4.57 Å². The summed E-state index contributed by atoms with van der Waals surface area (Å²) in [5.41, 5.74) is 0.757. The first-order valence-electron chi connectivity index (χ1n) is 6.55. The quantitative estimate of drug-likeness (QED) is 0.930. The normalized spacial score (nSPS) is 14.2. The molecule has 0 amide bonds. The molecule has 2 aromatic heterocycles. The van der Waals surface area contributed by atoms with Crippen LogP contribution in [-0.4, -0.2) is 25.4 Å². The van der Waals surface area contributed by atoms with Gasteiger partial charge in [-0.15, -0.1) is 11.3 Å². The third kappa shape index (κ3) is 2.18. The molecule has 0 aromatic carbocycles. The summed E-state index contributed by atoms with van der Waals surface area (Å²) in [6.07, 6.45) is 2.92. The van der Waals surface area contributed by atoms with Crippen molar-refractivity contribution in [2.75, 3.05) is 0 Å². The van der Waals surface area contributed by atoms with E-state index in [9.17, 15) is 9.59 Å². The van der Waals surface area contributed by atoms with Crippen molar-refractivity contribution in [2.45, 2.75) is 39.3 Å². The molecule has 0 saturated carbocycles. The summed E-state index contributed by atoms with van der Waals surface area (Å²) in [5.74, 6) is -0.0894. The zero-order chi connectivity index (χ0) is 14.3. The minimum atomic E-state index is -0.930. The fraction of sp³-hybridized carbons (Fsp3) is 0.462. The Morgan fingerprint density at radius 2 is 2.30 bits per heavy atom. The van der Waals surface area contributed by atoms with E-state index in [1.54, 1.807) is 10.6 Å². The number of nitrogens with zero attached hydrogens (tertiary/aromatic N) is 3. The Bertz CT molecular complexity index is 726. The maximum atomic E-state index is 12.2. The van der Waals surface area contributed by atoms with Crippen molar-refractivity contribution in [1.29, 1.82) is 0 Å². The summed E-state index contributed by atoms with van der Waals surface area (Å²) < 4.78 is 3.17. The van der Waals surface area contributed by atoms with Crippen molar-refractivity contribution in [3.05, 3.63) is 37.7 Å². The largest absolute Gasteiger partial charge is 0.477 e. The zero-order valence-corrected chi connectivity index (χ0v) is 11.9. The molecule has 2 aromatic rings. The van der Waals surface area contributed by atoms with Gasteiger partial charge in [-0.1, -0.05) is 0 Å². The zero-order valence-electron chi connectivity index (χ0n) is 11.1. The smallest absolute Gasteiger partial charge is 0.346 e. The van der Waals surface area contributed by atoms with Crippen LogP contribution in [0.2, 0.25) is 0 Å². The summed E-state index contributed by atoms with van der Waals surface area (Å²) in [6, 6.07) is 1.63. The highest BCUT2D eigenvalue weighted by atomic mass is 32.1. The standard InChI is InChI=1S/C13H15N3O3S/c1-8-9(6-10(20-8)12(17)18)7-16-13(19)15-5-3-2-4-11(15)14-16/h6H,2-5,7H2,1H3,(H,17,18). The number of thiophene rings is 1. The van der Waals surface area contributed by atoms with Crippen molar-refractivity contribution in [3.8, 4) is 0 Å². The summed E-state index contributed by atoms with van der Waals surface area (Å²) >= 11 is 1.23. The molecule has 0 fully saturated rings. The summed E-state index contributed by atoms with van der Waals surface area (Å²) in [7, 11) is 0. The molecular formula is C13H15N3O3S. The number of carboxylic acids is 1. The Kier molecular flexibility index (Phi) is 3.21. The average Bonchev–Trinajstić information content (AvgIpc) is 2.93. The highest BCUT2D eigenvalue weighted by molar-refractivity contribution is 7.14. The number of carbonyl (C=O) groups is 1. The summed E-state index contributed by atoms with van der Waals surface area (Å²) in [4.78, 5) is 24.4. The number of hydrogen-bond donors (Lipinski definition) is 1. The predicted octanol–water partition coefficient (Wildman–Crippen LogP) is 1.50. The van der Waals surface area contributed by atoms with Gasteiger partial charge >= 0.3 is 11.7 Å². The average molecular weight is 293 g/mol. The number of hydrogen-bond acceptors (Lipinski definition) is 4. The highest BCUT2D eigenvalue weighted by Gasteiger charge is 2.18. The predicted molar refractivity (Wildman–Crippen MR) is 74.5 cm³/mol. The number of aromatic nitrogens is 3. The number of carboxylic acid groups (broad SMARTS) is 1. The monoisotopic (exact) mass is 293 g/mol. The van der Waals surface area contributed by atoms with E-state index in [1.165, 1.54) is 16.0 Å². The molecule has 1 aliphatic heterocycles. The molecule has 7 heteroatoms. The molecule has 1 aliphatic rings. The number of aryl methyl sites for hydroxylation is 2. The lowest BCUT2D eigenvalue weighted by Crippen LogP contribution is -2.27. The minimum absolute atomic E-state index is 0.0952. The molecule has 0 atom stereocenters. The van der Waals surface area contributed by atoms with Gasteiger partial charge in [-0.2, -0.15) is 5.10 Å². The first kappa shape index (κ1) is 13.1. The Morgan fingerprint density at radius 1 is 1.50 bits per heavy atom. The first-order chi connectivity index (χ1) is 9.56. The van der Waals surface area contributed by atoms with Crippen LogP contribution < -0.4 is 5.69 Å². The first-order valence-corrected chi connectivity index (χ1v) is 7.37. The van der Waals surface area contributed by atoms with Crippen LogP contribution in [0.1, 0.15) is 38.8 Å². The summed E-state index contributed by atoms with van der Waals surface area (Å²) in [6.45, 7) is 2.94. The van der Waals surface area contributed by atoms with Gasteiger partial charge in [0.1, 0.15) is 10.7 Å². The number of aromatic carboxylic acids is 1. The van der Waals surface area contributed by atoms with Gasteiger partial charge in [0.2, 0.25) is 0 Å². The molecule has 0 bridgehead atoms. The van der Waals surface area contributed by atoms with E-state index < -0.39 is 5.97 Å². The molecule has 1 N–H and O–H groups in total. The Hall–Kier alpha value is -1.89. The van der Waals surface area contributed by atoms with Gasteiger partial charge in [-0.05, 0) is 31.4 Å². The topological polar surface area (TPSA) is 77.1 Å². The van der Waals surface area contributed by atoms with Gasteiger partial charge in [0, 0.05) is 17.8 Å². The van der Waals surface area contributed by atoms with E-state index in [1.807, 2.05) is 6.92 Å².